The van der Waals surface area contributed by atoms with E-state index in [9.17, 15) is 9.59 Å². The highest BCUT2D eigenvalue weighted by Crippen LogP contribution is 2.31. The molecule has 0 unspecified atom stereocenters. The summed E-state index contributed by atoms with van der Waals surface area (Å²) in [5, 5.41) is 0. The molecule has 0 radical (unpaired) electrons. The lowest BCUT2D eigenvalue weighted by Crippen LogP contribution is -2.35. The normalized spacial score (nSPS) is 23.8. The number of ether oxygens (including phenoxy) is 2. The summed E-state index contributed by atoms with van der Waals surface area (Å²) in [6, 6.07) is 0. The van der Waals surface area contributed by atoms with Gasteiger partial charge in [0.15, 0.2) is 0 Å². The molecule has 1 saturated heterocycles. The number of hydrogen-bond acceptors (Lipinski definition) is 4. The highest BCUT2D eigenvalue weighted by Gasteiger charge is 2.46. The van der Waals surface area contributed by atoms with E-state index in [1.165, 1.54) is 0 Å². The van der Waals surface area contributed by atoms with E-state index in [1.807, 2.05) is 33.8 Å². The van der Waals surface area contributed by atoms with Crippen molar-refractivity contribution < 1.29 is 19.1 Å². The third-order valence-corrected chi connectivity index (χ3v) is 2.64. The molecule has 0 aromatic rings. The van der Waals surface area contributed by atoms with E-state index in [4.69, 9.17) is 9.47 Å². The predicted octanol–water partition coefficient (Wildman–Crippen LogP) is 2.08. The first kappa shape index (κ1) is 13.7. The smallest absolute Gasteiger partial charge is 0.348 e. The van der Waals surface area contributed by atoms with Crippen molar-refractivity contribution in [3.8, 4) is 0 Å². The Hall–Kier alpha value is -1.32. The van der Waals surface area contributed by atoms with Crippen LogP contribution in [0.15, 0.2) is 11.6 Å². The molecule has 96 valence electrons. The second-order valence-electron chi connectivity index (χ2n) is 5.48. The lowest BCUT2D eigenvalue weighted by molar-refractivity contribution is -0.160. The average Bonchev–Trinajstić information content (AvgIpc) is 2.43. The fourth-order valence-electron chi connectivity index (χ4n) is 1.70. The maximum atomic E-state index is 11.8. The highest BCUT2D eigenvalue weighted by molar-refractivity contribution is 5.90. The number of esters is 2. The third-order valence-electron chi connectivity index (χ3n) is 2.64. The van der Waals surface area contributed by atoms with Gasteiger partial charge in [0.1, 0.15) is 6.61 Å². The number of rotatable bonds is 3. The molecule has 0 bridgehead atoms. The highest BCUT2D eigenvalue weighted by atomic mass is 16.6. The topological polar surface area (TPSA) is 52.6 Å². The molecule has 1 atom stereocenters. The van der Waals surface area contributed by atoms with Crippen LogP contribution >= 0.6 is 0 Å². The second kappa shape index (κ2) is 4.90. The summed E-state index contributed by atoms with van der Waals surface area (Å²) in [6.07, 6.45) is 1.01. The monoisotopic (exact) mass is 240 g/mol. The fraction of sp³-hybridized carbons (Fsp3) is 0.692. The van der Waals surface area contributed by atoms with E-state index < -0.39 is 23.5 Å². The van der Waals surface area contributed by atoms with Crippen LogP contribution in [0.4, 0.5) is 0 Å². The molecule has 0 spiro atoms. The molecule has 0 aromatic carbocycles. The van der Waals surface area contributed by atoms with Gasteiger partial charge in [0.25, 0.3) is 0 Å². The summed E-state index contributed by atoms with van der Waals surface area (Å²) in [5.74, 6) is -0.637. The molecule has 4 heteroatoms. The maximum Gasteiger partial charge on any atom is 0.348 e. The van der Waals surface area contributed by atoms with Crippen LogP contribution in [0.5, 0.6) is 0 Å². The molecule has 17 heavy (non-hydrogen) atoms. The Morgan fingerprint density at radius 1 is 1.53 bits per heavy atom. The minimum atomic E-state index is -0.800. The van der Waals surface area contributed by atoms with Crippen molar-refractivity contribution in [2.24, 2.45) is 11.3 Å². The Labute approximate surface area is 102 Å². The summed E-state index contributed by atoms with van der Waals surface area (Å²) in [5.41, 5.74) is 0.0701. The molecule has 0 saturated carbocycles. The SMILES string of the molecule is C/C(=C/C(C)C)C(=O)O[C@H]1C(=O)OCC1(C)C. The molecule has 0 aromatic heterocycles. The Kier molecular flexibility index (Phi) is 3.96. The standard InChI is InChI=1S/C13H20O4/c1-8(2)6-9(3)11(14)17-10-12(15)16-7-13(10,4)5/h6,8,10H,7H2,1-5H3/b9-6-/t10-/m0/s1. The van der Waals surface area contributed by atoms with Crippen LogP contribution in [0.2, 0.25) is 0 Å². The van der Waals surface area contributed by atoms with Gasteiger partial charge in [-0.05, 0) is 12.8 Å². The van der Waals surface area contributed by atoms with Gasteiger partial charge in [0.05, 0.1) is 0 Å². The van der Waals surface area contributed by atoms with Crippen molar-refractivity contribution in [1.29, 1.82) is 0 Å². The summed E-state index contributed by atoms with van der Waals surface area (Å²) < 4.78 is 10.1. The predicted molar refractivity (Wildman–Crippen MR) is 63.2 cm³/mol. The zero-order chi connectivity index (χ0) is 13.2. The Bertz CT molecular complexity index is 352. The number of allylic oxidation sites excluding steroid dienone is 1. The third kappa shape index (κ3) is 3.32. The van der Waals surface area contributed by atoms with E-state index in [1.54, 1.807) is 6.92 Å². The van der Waals surface area contributed by atoms with Crippen LogP contribution < -0.4 is 0 Å². The van der Waals surface area contributed by atoms with E-state index >= 15 is 0 Å². The molecule has 1 rings (SSSR count). The molecule has 0 N–H and O–H groups in total. The minimum Gasteiger partial charge on any atom is -0.462 e. The summed E-state index contributed by atoms with van der Waals surface area (Å²) in [7, 11) is 0. The van der Waals surface area contributed by atoms with E-state index in [0.717, 1.165) is 0 Å². The molecule has 1 aliphatic rings. The Morgan fingerprint density at radius 2 is 2.12 bits per heavy atom. The minimum absolute atomic E-state index is 0.270. The van der Waals surface area contributed by atoms with Crippen molar-refractivity contribution in [1.82, 2.24) is 0 Å². The van der Waals surface area contributed by atoms with Crippen molar-refractivity contribution in [2.45, 2.75) is 40.7 Å². The molecular formula is C13H20O4. The Balaban J connectivity index is 2.72. The van der Waals surface area contributed by atoms with Crippen LogP contribution in [-0.4, -0.2) is 24.6 Å². The first-order valence-electron chi connectivity index (χ1n) is 5.80. The van der Waals surface area contributed by atoms with Crippen LogP contribution in [0, 0.1) is 11.3 Å². The fourth-order valence-corrected chi connectivity index (χ4v) is 1.70. The second-order valence-corrected chi connectivity index (χ2v) is 5.48. The van der Waals surface area contributed by atoms with E-state index in [0.29, 0.717) is 5.57 Å². The largest absolute Gasteiger partial charge is 0.462 e. The van der Waals surface area contributed by atoms with Crippen LogP contribution in [-0.2, 0) is 19.1 Å². The summed E-state index contributed by atoms with van der Waals surface area (Å²) in [6.45, 7) is 9.62. The lowest BCUT2D eigenvalue weighted by Gasteiger charge is -2.21. The first-order chi connectivity index (χ1) is 7.74. The van der Waals surface area contributed by atoms with Crippen molar-refractivity contribution in [3.63, 3.8) is 0 Å². The van der Waals surface area contributed by atoms with Gasteiger partial charge in [-0.3, -0.25) is 0 Å². The van der Waals surface area contributed by atoms with E-state index in [2.05, 4.69) is 0 Å². The molecule has 1 heterocycles. The quantitative estimate of drug-likeness (QED) is 0.560. The van der Waals surface area contributed by atoms with Gasteiger partial charge in [-0.1, -0.05) is 33.8 Å². The zero-order valence-electron chi connectivity index (χ0n) is 11.1. The maximum absolute atomic E-state index is 11.8. The van der Waals surface area contributed by atoms with Crippen molar-refractivity contribution in [3.05, 3.63) is 11.6 Å². The molecule has 0 aliphatic carbocycles. The number of carbonyl (C=O) groups excluding carboxylic acids is 2. The lowest BCUT2D eigenvalue weighted by atomic mass is 9.90. The van der Waals surface area contributed by atoms with Crippen LogP contribution in [0.25, 0.3) is 0 Å². The first-order valence-corrected chi connectivity index (χ1v) is 5.80. The molecular weight excluding hydrogens is 220 g/mol. The van der Waals surface area contributed by atoms with Gasteiger partial charge < -0.3 is 9.47 Å². The average molecular weight is 240 g/mol. The van der Waals surface area contributed by atoms with Gasteiger partial charge in [-0.2, -0.15) is 0 Å². The molecule has 4 nitrogen and oxygen atoms in total. The number of cyclic esters (lactones) is 1. The molecule has 1 fully saturated rings. The summed E-state index contributed by atoms with van der Waals surface area (Å²) >= 11 is 0. The van der Waals surface area contributed by atoms with Gasteiger partial charge >= 0.3 is 11.9 Å². The van der Waals surface area contributed by atoms with Crippen LogP contribution in [0.1, 0.15) is 34.6 Å². The van der Waals surface area contributed by atoms with Gasteiger partial charge in [0.2, 0.25) is 6.10 Å². The Morgan fingerprint density at radius 3 is 2.53 bits per heavy atom. The van der Waals surface area contributed by atoms with Gasteiger partial charge in [0, 0.05) is 11.0 Å². The van der Waals surface area contributed by atoms with E-state index in [-0.39, 0.29) is 12.5 Å². The van der Waals surface area contributed by atoms with Crippen molar-refractivity contribution in [2.75, 3.05) is 6.61 Å². The zero-order valence-corrected chi connectivity index (χ0v) is 11.1. The van der Waals surface area contributed by atoms with Crippen LogP contribution in [0.3, 0.4) is 0 Å². The number of hydrogen-bond donors (Lipinski definition) is 0. The molecule has 0 amide bonds. The van der Waals surface area contributed by atoms with Crippen molar-refractivity contribution >= 4 is 11.9 Å². The number of carbonyl (C=O) groups is 2. The van der Waals surface area contributed by atoms with Gasteiger partial charge in [-0.15, -0.1) is 0 Å². The molecule has 1 aliphatic heterocycles. The van der Waals surface area contributed by atoms with Gasteiger partial charge in [-0.25, -0.2) is 9.59 Å². The summed E-state index contributed by atoms with van der Waals surface area (Å²) in [4.78, 5) is 23.2.